The molecule has 0 unspecified atom stereocenters. The van der Waals surface area contributed by atoms with Crippen LogP contribution in [0, 0.1) is 0 Å². The molecular formula is C32H54O. The number of hydrogen-bond acceptors (Lipinski definition) is 1. The van der Waals surface area contributed by atoms with Crippen LogP contribution >= 0.6 is 0 Å². The summed E-state index contributed by atoms with van der Waals surface area (Å²) in [4.78, 5) is 0. The van der Waals surface area contributed by atoms with Crippen LogP contribution in [0.15, 0.2) is 72.9 Å². The van der Waals surface area contributed by atoms with E-state index in [2.05, 4.69) is 79.8 Å². The van der Waals surface area contributed by atoms with Crippen molar-refractivity contribution in [1.82, 2.24) is 0 Å². The standard InChI is InChI=1S/C32H54O/c1-2-3-4-5-6-7-8-9-10-11-12-13-14-15-16-17-18-19-20-21-22-23-24-25-26-27-28-29-30-31-32-33/h3-4,6-7,9-10,12-13,15-16,18-19,33H,2,5,8,11,14,17,20-32H2,1H3/b4-3-,7-6-,10-9-,13-12-,16-15-,19-18-. The number of unbranched alkanes of at least 4 members (excludes halogenated alkanes) is 11. The Kier molecular flexibility index (Phi) is 28.9. The molecule has 0 radical (unpaired) electrons. The van der Waals surface area contributed by atoms with Gasteiger partial charge >= 0.3 is 0 Å². The largest absolute Gasteiger partial charge is 0.396 e. The van der Waals surface area contributed by atoms with Gasteiger partial charge < -0.3 is 5.11 Å². The summed E-state index contributed by atoms with van der Waals surface area (Å²) in [5.41, 5.74) is 0. The molecule has 0 heterocycles. The maximum absolute atomic E-state index is 8.75. The van der Waals surface area contributed by atoms with Crippen molar-refractivity contribution in [3.05, 3.63) is 72.9 Å². The van der Waals surface area contributed by atoms with Crippen LogP contribution in [-0.4, -0.2) is 11.7 Å². The van der Waals surface area contributed by atoms with Gasteiger partial charge in [0.25, 0.3) is 0 Å². The van der Waals surface area contributed by atoms with E-state index in [0.717, 1.165) is 44.9 Å². The van der Waals surface area contributed by atoms with Gasteiger partial charge in [-0.05, 0) is 57.8 Å². The molecule has 0 saturated heterocycles. The molecule has 0 aromatic heterocycles. The summed E-state index contributed by atoms with van der Waals surface area (Å²) in [7, 11) is 0. The predicted molar refractivity (Wildman–Crippen MR) is 151 cm³/mol. The first-order valence-corrected chi connectivity index (χ1v) is 13.9. The second kappa shape index (κ2) is 30.4. The summed E-state index contributed by atoms with van der Waals surface area (Å²) < 4.78 is 0. The number of rotatable bonds is 24. The third-order valence-electron chi connectivity index (χ3n) is 5.63. The molecule has 1 N–H and O–H groups in total. The molecule has 0 saturated carbocycles. The molecule has 0 aliphatic heterocycles. The second-order valence-corrected chi connectivity index (χ2v) is 8.82. The molecule has 0 bridgehead atoms. The molecule has 0 aromatic rings. The number of aliphatic hydroxyl groups excluding tert-OH is 1. The Labute approximate surface area is 207 Å². The minimum atomic E-state index is 0.360. The van der Waals surface area contributed by atoms with E-state index < -0.39 is 0 Å². The number of allylic oxidation sites excluding steroid dienone is 12. The van der Waals surface area contributed by atoms with Crippen LogP contribution in [0.1, 0.15) is 122 Å². The third-order valence-corrected chi connectivity index (χ3v) is 5.63. The van der Waals surface area contributed by atoms with Crippen LogP contribution in [0.4, 0.5) is 0 Å². The Hall–Kier alpha value is -1.60. The van der Waals surface area contributed by atoms with Crippen LogP contribution in [0.3, 0.4) is 0 Å². The summed E-state index contributed by atoms with van der Waals surface area (Å²) in [6.07, 6.45) is 49.2. The van der Waals surface area contributed by atoms with E-state index in [9.17, 15) is 0 Å². The molecule has 0 spiro atoms. The molecule has 1 heteroatoms. The molecule has 0 atom stereocenters. The maximum Gasteiger partial charge on any atom is 0.0431 e. The predicted octanol–water partition coefficient (Wildman–Crippen LogP) is 10.4. The SMILES string of the molecule is CC/C=C\C/C=C\C/C=C\C/C=C\C/C=C\C/C=C\CCCCCCCCCCCCCO. The van der Waals surface area contributed by atoms with E-state index in [1.54, 1.807) is 0 Å². The van der Waals surface area contributed by atoms with Gasteiger partial charge in [-0.2, -0.15) is 0 Å². The van der Waals surface area contributed by atoms with Gasteiger partial charge in [-0.1, -0.05) is 138 Å². The lowest BCUT2D eigenvalue weighted by Crippen LogP contribution is -1.84. The lowest BCUT2D eigenvalue weighted by molar-refractivity contribution is 0.282. The average Bonchev–Trinajstić information content (AvgIpc) is 2.83. The first kappa shape index (κ1) is 31.4. The first-order valence-electron chi connectivity index (χ1n) is 13.9. The molecule has 0 fully saturated rings. The quantitative estimate of drug-likeness (QED) is 0.114. The molecule has 33 heavy (non-hydrogen) atoms. The van der Waals surface area contributed by atoms with Gasteiger partial charge in [-0.15, -0.1) is 0 Å². The molecule has 0 aromatic carbocycles. The zero-order valence-corrected chi connectivity index (χ0v) is 21.8. The highest BCUT2D eigenvalue weighted by Gasteiger charge is 1.93. The van der Waals surface area contributed by atoms with Gasteiger partial charge in [0.15, 0.2) is 0 Å². The summed E-state index contributed by atoms with van der Waals surface area (Å²) in [6, 6.07) is 0. The normalized spacial score (nSPS) is 12.9. The minimum absolute atomic E-state index is 0.360. The van der Waals surface area contributed by atoms with Crippen LogP contribution in [0.5, 0.6) is 0 Å². The van der Waals surface area contributed by atoms with E-state index in [0.29, 0.717) is 6.61 Å². The number of aliphatic hydroxyl groups is 1. The fraction of sp³-hybridized carbons (Fsp3) is 0.625. The van der Waals surface area contributed by atoms with E-state index in [1.165, 1.54) is 70.6 Å². The van der Waals surface area contributed by atoms with E-state index in [-0.39, 0.29) is 0 Å². The third kappa shape index (κ3) is 30.4. The van der Waals surface area contributed by atoms with Crippen LogP contribution in [0.2, 0.25) is 0 Å². The van der Waals surface area contributed by atoms with Crippen molar-refractivity contribution in [2.45, 2.75) is 122 Å². The van der Waals surface area contributed by atoms with Crippen molar-refractivity contribution >= 4 is 0 Å². The Morgan fingerprint density at radius 3 is 1.03 bits per heavy atom. The topological polar surface area (TPSA) is 20.2 Å². The van der Waals surface area contributed by atoms with E-state index >= 15 is 0 Å². The van der Waals surface area contributed by atoms with Crippen LogP contribution in [0.25, 0.3) is 0 Å². The zero-order valence-electron chi connectivity index (χ0n) is 21.8. The van der Waals surface area contributed by atoms with Crippen LogP contribution in [-0.2, 0) is 0 Å². The molecule has 0 aliphatic rings. The van der Waals surface area contributed by atoms with Crippen molar-refractivity contribution in [2.24, 2.45) is 0 Å². The van der Waals surface area contributed by atoms with Crippen molar-refractivity contribution in [3.63, 3.8) is 0 Å². The number of hydrogen-bond donors (Lipinski definition) is 1. The molecule has 0 amide bonds. The molecule has 0 rings (SSSR count). The van der Waals surface area contributed by atoms with Gasteiger partial charge in [0, 0.05) is 6.61 Å². The maximum atomic E-state index is 8.75. The summed E-state index contributed by atoms with van der Waals surface area (Å²) in [5, 5.41) is 8.75. The highest BCUT2D eigenvalue weighted by Crippen LogP contribution is 2.12. The first-order chi connectivity index (χ1) is 16.4. The van der Waals surface area contributed by atoms with E-state index in [4.69, 9.17) is 5.11 Å². The van der Waals surface area contributed by atoms with Gasteiger partial charge in [-0.3, -0.25) is 0 Å². The van der Waals surface area contributed by atoms with Gasteiger partial charge in [0.2, 0.25) is 0 Å². The Morgan fingerprint density at radius 2 is 0.667 bits per heavy atom. The summed E-state index contributed by atoms with van der Waals surface area (Å²) in [5.74, 6) is 0. The zero-order chi connectivity index (χ0) is 23.9. The van der Waals surface area contributed by atoms with Gasteiger partial charge in [0.05, 0.1) is 0 Å². The molecular weight excluding hydrogens is 400 g/mol. The highest BCUT2D eigenvalue weighted by molar-refractivity contribution is 5.01. The molecule has 188 valence electrons. The highest BCUT2D eigenvalue weighted by atomic mass is 16.2. The minimum Gasteiger partial charge on any atom is -0.396 e. The molecule has 1 nitrogen and oxygen atoms in total. The fourth-order valence-corrected chi connectivity index (χ4v) is 3.60. The summed E-state index contributed by atoms with van der Waals surface area (Å²) >= 11 is 0. The fourth-order valence-electron chi connectivity index (χ4n) is 3.60. The van der Waals surface area contributed by atoms with Gasteiger partial charge in [-0.25, -0.2) is 0 Å². The smallest absolute Gasteiger partial charge is 0.0431 e. The Morgan fingerprint density at radius 1 is 0.364 bits per heavy atom. The lowest BCUT2D eigenvalue weighted by atomic mass is 10.1. The van der Waals surface area contributed by atoms with E-state index in [1.807, 2.05) is 0 Å². The average molecular weight is 455 g/mol. The van der Waals surface area contributed by atoms with Crippen molar-refractivity contribution in [1.29, 1.82) is 0 Å². The Bertz CT molecular complexity index is 533. The van der Waals surface area contributed by atoms with Crippen molar-refractivity contribution in [2.75, 3.05) is 6.61 Å². The van der Waals surface area contributed by atoms with Crippen LogP contribution < -0.4 is 0 Å². The second-order valence-electron chi connectivity index (χ2n) is 8.82. The van der Waals surface area contributed by atoms with Gasteiger partial charge in [0.1, 0.15) is 0 Å². The Balaban J connectivity index is 3.35. The van der Waals surface area contributed by atoms with Crippen molar-refractivity contribution < 1.29 is 5.11 Å². The molecule has 0 aliphatic carbocycles. The van der Waals surface area contributed by atoms with Crippen molar-refractivity contribution in [3.8, 4) is 0 Å². The lowest BCUT2D eigenvalue weighted by Gasteiger charge is -2.02. The summed E-state index contributed by atoms with van der Waals surface area (Å²) in [6.45, 7) is 2.53. The monoisotopic (exact) mass is 454 g/mol.